The normalized spacial score (nSPS) is 11.5. The molecule has 0 spiro atoms. The number of nitrogens with two attached hydrogens (primary N) is 1. The summed E-state index contributed by atoms with van der Waals surface area (Å²) in [5.41, 5.74) is 6.70. The van der Waals surface area contributed by atoms with Crippen LogP contribution in [0.1, 0.15) is 25.3 Å². The molecule has 1 aromatic carbocycles. The zero-order valence-electron chi connectivity index (χ0n) is 11.2. The molecule has 0 radical (unpaired) electrons. The molecule has 108 valence electrons. The Morgan fingerprint density at radius 2 is 2.00 bits per heavy atom. The highest BCUT2D eigenvalue weighted by Gasteiger charge is 2.04. The van der Waals surface area contributed by atoms with E-state index in [1.165, 1.54) is 5.56 Å². The number of amides is 1. The van der Waals surface area contributed by atoms with Crippen molar-refractivity contribution in [1.82, 2.24) is 5.32 Å². The van der Waals surface area contributed by atoms with Gasteiger partial charge in [0.1, 0.15) is 0 Å². The van der Waals surface area contributed by atoms with Gasteiger partial charge in [-0.1, -0.05) is 30.7 Å². The molecule has 1 rings (SSSR count). The van der Waals surface area contributed by atoms with E-state index in [-0.39, 0.29) is 18.3 Å². The van der Waals surface area contributed by atoms with Gasteiger partial charge in [0.25, 0.3) is 0 Å². The van der Waals surface area contributed by atoms with Crippen LogP contribution in [-0.4, -0.2) is 19.0 Å². The summed E-state index contributed by atoms with van der Waals surface area (Å²) in [6.07, 6.45) is 2.31. The number of halogens is 2. The van der Waals surface area contributed by atoms with E-state index in [0.29, 0.717) is 25.4 Å². The Bertz CT molecular complexity index is 368. The Balaban J connectivity index is 0.00000324. The Morgan fingerprint density at radius 3 is 2.58 bits per heavy atom. The summed E-state index contributed by atoms with van der Waals surface area (Å²) in [6.45, 7) is 3.29. The summed E-state index contributed by atoms with van der Waals surface area (Å²) < 4.78 is 0. The second-order valence-corrected chi connectivity index (χ2v) is 5.06. The second kappa shape index (κ2) is 10.1. The highest BCUT2D eigenvalue weighted by atomic mass is 35.5. The van der Waals surface area contributed by atoms with Crippen LogP contribution in [0, 0.1) is 5.92 Å². The summed E-state index contributed by atoms with van der Waals surface area (Å²) in [5, 5.41) is 3.63. The molecule has 3 N–H and O–H groups in total. The zero-order chi connectivity index (χ0) is 13.4. The largest absolute Gasteiger partial charge is 0.356 e. The molecule has 1 amide bonds. The lowest BCUT2D eigenvalue weighted by Crippen LogP contribution is -2.31. The van der Waals surface area contributed by atoms with E-state index in [4.69, 9.17) is 17.3 Å². The van der Waals surface area contributed by atoms with Crippen LogP contribution in [0.4, 0.5) is 0 Å². The van der Waals surface area contributed by atoms with Crippen molar-refractivity contribution in [3.8, 4) is 0 Å². The number of hydrogen-bond donors (Lipinski definition) is 2. The minimum Gasteiger partial charge on any atom is -0.356 e. The number of carbonyl (C=O) groups is 1. The molecule has 0 saturated heterocycles. The molecule has 1 unspecified atom stereocenters. The van der Waals surface area contributed by atoms with Crippen LogP contribution in [0.2, 0.25) is 5.02 Å². The van der Waals surface area contributed by atoms with Gasteiger partial charge in [0.2, 0.25) is 5.91 Å². The quantitative estimate of drug-likeness (QED) is 0.814. The highest BCUT2D eigenvalue weighted by Crippen LogP contribution is 2.11. The summed E-state index contributed by atoms with van der Waals surface area (Å²) in [6, 6.07) is 7.74. The summed E-state index contributed by atoms with van der Waals surface area (Å²) in [4.78, 5) is 11.5. The van der Waals surface area contributed by atoms with Crippen molar-refractivity contribution in [3.63, 3.8) is 0 Å². The fourth-order valence-corrected chi connectivity index (χ4v) is 1.69. The molecule has 1 aromatic rings. The van der Waals surface area contributed by atoms with Gasteiger partial charge in [-0.05, 0) is 43.0 Å². The summed E-state index contributed by atoms with van der Waals surface area (Å²) in [7, 11) is 0. The number of nitrogens with one attached hydrogen (secondary N) is 1. The molecule has 0 fully saturated rings. The standard InChI is InChI=1S/C14H21ClN2O.ClH/c1-11(9-16)10-17-14(18)4-2-3-12-5-7-13(15)8-6-12;/h5-8,11H,2-4,9-10,16H2,1H3,(H,17,18);1H. The number of carbonyl (C=O) groups excluding carboxylic acids is 1. The molecule has 0 aliphatic heterocycles. The van der Waals surface area contributed by atoms with E-state index >= 15 is 0 Å². The summed E-state index contributed by atoms with van der Waals surface area (Å²) in [5.74, 6) is 0.439. The van der Waals surface area contributed by atoms with E-state index in [2.05, 4.69) is 5.32 Å². The lowest BCUT2D eigenvalue weighted by Gasteiger charge is -2.09. The van der Waals surface area contributed by atoms with Crippen LogP contribution < -0.4 is 11.1 Å². The monoisotopic (exact) mass is 304 g/mol. The van der Waals surface area contributed by atoms with Crippen molar-refractivity contribution >= 4 is 29.9 Å². The van der Waals surface area contributed by atoms with Crippen LogP contribution in [0.5, 0.6) is 0 Å². The van der Waals surface area contributed by atoms with Crippen molar-refractivity contribution in [3.05, 3.63) is 34.9 Å². The third-order valence-electron chi connectivity index (χ3n) is 2.83. The first kappa shape index (κ1) is 18.2. The van der Waals surface area contributed by atoms with Gasteiger partial charge in [-0.2, -0.15) is 0 Å². The van der Waals surface area contributed by atoms with Gasteiger partial charge in [0.15, 0.2) is 0 Å². The van der Waals surface area contributed by atoms with Crippen LogP contribution >= 0.6 is 24.0 Å². The van der Waals surface area contributed by atoms with Gasteiger partial charge in [-0.15, -0.1) is 12.4 Å². The van der Waals surface area contributed by atoms with Crippen LogP contribution in [0.25, 0.3) is 0 Å². The number of aryl methyl sites for hydroxylation is 1. The smallest absolute Gasteiger partial charge is 0.220 e. The molecular weight excluding hydrogens is 283 g/mol. The highest BCUT2D eigenvalue weighted by molar-refractivity contribution is 6.30. The first-order chi connectivity index (χ1) is 8.61. The van der Waals surface area contributed by atoms with Crippen molar-refractivity contribution in [2.24, 2.45) is 11.7 Å². The van der Waals surface area contributed by atoms with E-state index in [1.54, 1.807) is 0 Å². The maximum Gasteiger partial charge on any atom is 0.220 e. The lowest BCUT2D eigenvalue weighted by atomic mass is 10.1. The molecule has 1 atom stereocenters. The average Bonchev–Trinajstić information content (AvgIpc) is 2.38. The predicted octanol–water partition coefficient (Wildman–Crippen LogP) is 2.80. The third kappa shape index (κ3) is 8.09. The number of benzene rings is 1. The van der Waals surface area contributed by atoms with Crippen LogP contribution in [0.15, 0.2) is 24.3 Å². The Hall–Kier alpha value is -0.770. The molecule has 0 aliphatic carbocycles. The van der Waals surface area contributed by atoms with Crippen molar-refractivity contribution < 1.29 is 4.79 Å². The van der Waals surface area contributed by atoms with E-state index < -0.39 is 0 Å². The second-order valence-electron chi connectivity index (χ2n) is 4.62. The molecule has 0 bridgehead atoms. The zero-order valence-corrected chi connectivity index (χ0v) is 12.8. The van der Waals surface area contributed by atoms with Gasteiger partial charge >= 0.3 is 0 Å². The first-order valence-electron chi connectivity index (χ1n) is 6.33. The van der Waals surface area contributed by atoms with Crippen molar-refractivity contribution in [2.45, 2.75) is 26.2 Å². The van der Waals surface area contributed by atoms with Gasteiger partial charge < -0.3 is 11.1 Å². The minimum absolute atomic E-state index is 0. The van der Waals surface area contributed by atoms with Crippen molar-refractivity contribution in [1.29, 1.82) is 0 Å². The molecule has 0 saturated carbocycles. The Morgan fingerprint density at radius 1 is 1.37 bits per heavy atom. The minimum atomic E-state index is 0. The average molecular weight is 305 g/mol. The maximum absolute atomic E-state index is 11.5. The molecule has 0 aliphatic rings. The maximum atomic E-state index is 11.5. The van der Waals surface area contributed by atoms with Crippen molar-refractivity contribution in [2.75, 3.05) is 13.1 Å². The van der Waals surface area contributed by atoms with Gasteiger partial charge in [0.05, 0.1) is 0 Å². The fraction of sp³-hybridized carbons (Fsp3) is 0.500. The van der Waals surface area contributed by atoms with E-state index in [9.17, 15) is 4.79 Å². The topological polar surface area (TPSA) is 55.1 Å². The van der Waals surface area contributed by atoms with Gasteiger partial charge in [0, 0.05) is 18.0 Å². The van der Waals surface area contributed by atoms with Gasteiger partial charge in [-0.3, -0.25) is 4.79 Å². The fourth-order valence-electron chi connectivity index (χ4n) is 1.56. The first-order valence-corrected chi connectivity index (χ1v) is 6.71. The number of hydrogen-bond acceptors (Lipinski definition) is 2. The molecule has 3 nitrogen and oxygen atoms in total. The van der Waals surface area contributed by atoms with Gasteiger partial charge in [-0.25, -0.2) is 0 Å². The molecule has 0 aromatic heterocycles. The van der Waals surface area contributed by atoms with Crippen LogP contribution in [0.3, 0.4) is 0 Å². The molecule has 0 heterocycles. The van der Waals surface area contributed by atoms with Crippen LogP contribution in [-0.2, 0) is 11.2 Å². The molecule has 19 heavy (non-hydrogen) atoms. The number of rotatable bonds is 7. The molecular formula is C14H22Cl2N2O. The SMILES string of the molecule is CC(CN)CNC(=O)CCCc1ccc(Cl)cc1.Cl. The summed E-state index contributed by atoms with van der Waals surface area (Å²) >= 11 is 5.81. The third-order valence-corrected chi connectivity index (χ3v) is 3.08. The van der Waals surface area contributed by atoms with E-state index in [1.807, 2.05) is 31.2 Å². The lowest BCUT2D eigenvalue weighted by molar-refractivity contribution is -0.121. The predicted molar refractivity (Wildman–Crippen MR) is 82.9 cm³/mol. The Labute approximate surface area is 126 Å². The Kier molecular flexibility index (Phi) is 9.66. The molecule has 5 heteroatoms. The van der Waals surface area contributed by atoms with E-state index in [0.717, 1.165) is 17.9 Å².